The standard InChI is InChI=1S/C31H27BrN2O3/c1-4-36-29-16-24(15-25(18-33)31(35)34-26-13-12-20(2)21(3)14-26)28(32)17-30(29)37-19-23-10-7-9-22-8-5-6-11-27(22)23/h5-17H,4,19H2,1-3H3,(H,34,35)/b25-15+. The van der Waals surface area contributed by atoms with Gasteiger partial charge >= 0.3 is 0 Å². The van der Waals surface area contributed by atoms with E-state index < -0.39 is 5.91 Å². The van der Waals surface area contributed by atoms with Gasteiger partial charge in [0.25, 0.3) is 5.91 Å². The highest BCUT2D eigenvalue weighted by Crippen LogP contribution is 2.36. The molecule has 0 heterocycles. The zero-order valence-electron chi connectivity index (χ0n) is 21.0. The lowest BCUT2D eigenvalue weighted by Gasteiger charge is -2.15. The fourth-order valence-corrected chi connectivity index (χ4v) is 4.37. The Morgan fingerprint density at radius 1 is 0.973 bits per heavy atom. The Morgan fingerprint density at radius 3 is 2.49 bits per heavy atom. The summed E-state index contributed by atoms with van der Waals surface area (Å²) < 4.78 is 12.7. The highest BCUT2D eigenvalue weighted by molar-refractivity contribution is 9.10. The Balaban J connectivity index is 1.59. The van der Waals surface area contributed by atoms with Crippen molar-refractivity contribution in [1.29, 1.82) is 5.26 Å². The second kappa shape index (κ2) is 11.8. The molecule has 1 amide bonds. The summed E-state index contributed by atoms with van der Waals surface area (Å²) in [6, 6.07) is 25.5. The van der Waals surface area contributed by atoms with Crippen molar-refractivity contribution in [3.8, 4) is 17.6 Å². The molecule has 0 spiro atoms. The molecule has 5 nitrogen and oxygen atoms in total. The van der Waals surface area contributed by atoms with Crippen LogP contribution >= 0.6 is 15.9 Å². The number of hydrogen-bond acceptors (Lipinski definition) is 4. The SMILES string of the molecule is CCOc1cc(/C=C(\C#N)C(=O)Nc2ccc(C)c(C)c2)c(Br)cc1OCc1cccc2ccccc12. The molecule has 186 valence electrons. The maximum absolute atomic E-state index is 12.8. The van der Waals surface area contributed by atoms with Gasteiger partial charge in [-0.3, -0.25) is 4.79 Å². The topological polar surface area (TPSA) is 71.3 Å². The second-order valence-electron chi connectivity index (χ2n) is 8.60. The van der Waals surface area contributed by atoms with Gasteiger partial charge in [0, 0.05) is 10.2 Å². The van der Waals surface area contributed by atoms with Gasteiger partial charge in [0.15, 0.2) is 11.5 Å². The molecular formula is C31H27BrN2O3. The number of nitriles is 1. The monoisotopic (exact) mass is 554 g/mol. The third-order valence-corrected chi connectivity index (χ3v) is 6.74. The van der Waals surface area contributed by atoms with Crippen LogP contribution < -0.4 is 14.8 Å². The van der Waals surface area contributed by atoms with E-state index in [9.17, 15) is 10.1 Å². The second-order valence-corrected chi connectivity index (χ2v) is 9.46. The number of hydrogen-bond donors (Lipinski definition) is 1. The minimum Gasteiger partial charge on any atom is -0.490 e. The van der Waals surface area contributed by atoms with E-state index in [0.717, 1.165) is 27.5 Å². The molecule has 0 aliphatic heterocycles. The summed E-state index contributed by atoms with van der Waals surface area (Å²) in [5.74, 6) is 0.618. The van der Waals surface area contributed by atoms with Crippen molar-refractivity contribution >= 4 is 44.4 Å². The fourth-order valence-electron chi connectivity index (χ4n) is 3.94. The van der Waals surface area contributed by atoms with Crippen LogP contribution in [0, 0.1) is 25.2 Å². The molecule has 0 fully saturated rings. The van der Waals surface area contributed by atoms with Gasteiger partial charge < -0.3 is 14.8 Å². The summed E-state index contributed by atoms with van der Waals surface area (Å²) in [5, 5.41) is 14.8. The van der Waals surface area contributed by atoms with E-state index in [4.69, 9.17) is 9.47 Å². The zero-order chi connectivity index (χ0) is 26.4. The summed E-state index contributed by atoms with van der Waals surface area (Å²) in [4.78, 5) is 12.8. The highest BCUT2D eigenvalue weighted by atomic mass is 79.9. The molecule has 0 aliphatic carbocycles. The Bertz CT molecular complexity index is 1530. The molecule has 0 bridgehead atoms. The smallest absolute Gasteiger partial charge is 0.266 e. The number of carbonyl (C=O) groups is 1. The van der Waals surface area contributed by atoms with E-state index in [-0.39, 0.29) is 5.57 Å². The summed E-state index contributed by atoms with van der Waals surface area (Å²) >= 11 is 3.57. The third-order valence-electron chi connectivity index (χ3n) is 6.06. The first-order valence-electron chi connectivity index (χ1n) is 12.0. The lowest BCUT2D eigenvalue weighted by Crippen LogP contribution is -2.13. The van der Waals surface area contributed by atoms with Gasteiger partial charge in [-0.05, 0) is 84.1 Å². The first-order chi connectivity index (χ1) is 17.9. The van der Waals surface area contributed by atoms with Crippen LogP contribution in [-0.2, 0) is 11.4 Å². The van der Waals surface area contributed by atoms with Crippen LogP contribution in [0.1, 0.15) is 29.2 Å². The van der Waals surface area contributed by atoms with E-state index in [2.05, 4.69) is 39.4 Å². The van der Waals surface area contributed by atoms with Crippen molar-refractivity contribution in [2.75, 3.05) is 11.9 Å². The molecule has 0 unspecified atom stereocenters. The number of ether oxygens (including phenoxy) is 2. The number of aryl methyl sites for hydroxylation is 2. The quantitative estimate of drug-likeness (QED) is 0.178. The number of carbonyl (C=O) groups excluding carboxylic acids is 1. The number of rotatable bonds is 8. The summed E-state index contributed by atoms with van der Waals surface area (Å²) in [5.41, 5.74) is 4.50. The molecule has 0 aromatic heterocycles. The normalized spacial score (nSPS) is 11.2. The van der Waals surface area contributed by atoms with E-state index in [0.29, 0.717) is 40.4 Å². The third kappa shape index (κ3) is 6.19. The van der Waals surface area contributed by atoms with E-state index in [1.165, 1.54) is 6.08 Å². The van der Waals surface area contributed by atoms with Gasteiger partial charge in [-0.25, -0.2) is 0 Å². The molecule has 0 radical (unpaired) electrons. The molecule has 0 saturated heterocycles. The van der Waals surface area contributed by atoms with Crippen LogP contribution in [0.2, 0.25) is 0 Å². The van der Waals surface area contributed by atoms with Crippen molar-refractivity contribution in [1.82, 2.24) is 0 Å². The minimum absolute atomic E-state index is 0.0224. The lowest BCUT2D eigenvalue weighted by atomic mass is 10.1. The van der Waals surface area contributed by atoms with E-state index in [1.807, 2.05) is 69.3 Å². The van der Waals surface area contributed by atoms with Crippen LogP contribution in [0.15, 0.2) is 82.8 Å². The molecule has 37 heavy (non-hydrogen) atoms. The number of nitrogens with one attached hydrogen (secondary N) is 1. The summed E-state index contributed by atoms with van der Waals surface area (Å²) in [6.45, 7) is 6.68. The lowest BCUT2D eigenvalue weighted by molar-refractivity contribution is -0.112. The summed E-state index contributed by atoms with van der Waals surface area (Å²) in [6.07, 6.45) is 1.54. The van der Waals surface area contributed by atoms with Crippen molar-refractivity contribution < 1.29 is 14.3 Å². The molecule has 4 rings (SSSR count). The average molecular weight is 555 g/mol. The van der Waals surface area contributed by atoms with Crippen LogP contribution in [0.3, 0.4) is 0 Å². The largest absolute Gasteiger partial charge is 0.490 e. The van der Waals surface area contributed by atoms with Crippen LogP contribution in [0.25, 0.3) is 16.8 Å². The molecule has 6 heteroatoms. The van der Waals surface area contributed by atoms with Gasteiger partial charge in [0.1, 0.15) is 18.2 Å². The highest BCUT2D eigenvalue weighted by Gasteiger charge is 2.15. The van der Waals surface area contributed by atoms with Crippen LogP contribution in [-0.4, -0.2) is 12.5 Å². The first-order valence-corrected chi connectivity index (χ1v) is 12.7. The summed E-state index contributed by atoms with van der Waals surface area (Å²) in [7, 11) is 0. The van der Waals surface area contributed by atoms with E-state index >= 15 is 0 Å². The van der Waals surface area contributed by atoms with Gasteiger partial charge in [-0.2, -0.15) is 5.26 Å². The van der Waals surface area contributed by atoms with Gasteiger partial charge in [-0.1, -0.05) is 64.5 Å². The zero-order valence-corrected chi connectivity index (χ0v) is 22.6. The number of fused-ring (bicyclic) bond motifs is 1. The van der Waals surface area contributed by atoms with Crippen molar-refractivity contribution in [2.24, 2.45) is 0 Å². The maximum Gasteiger partial charge on any atom is 0.266 e. The minimum atomic E-state index is -0.480. The number of halogens is 1. The molecule has 1 N–H and O–H groups in total. The predicted molar refractivity (Wildman–Crippen MR) is 152 cm³/mol. The Morgan fingerprint density at radius 2 is 1.73 bits per heavy atom. The van der Waals surface area contributed by atoms with E-state index in [1.54, 1.807) is 12.1 Å². The van der Waals surface area contributed by atoms with Crippen molar-refractivity contribution in [2.45, 2.75) is 27.4 Å². The fraction of sp³-hybridized carbons (Fsp3) is 0.161. The number of nitrogens with zero attached hydrogens (tertiary/aromatic N) is 1. The molecule has 0 aliphatic rings. The van der Waals surface area contributed by atoms with Gasteiger partial charge in [-0.15, -0.1) is 0 Å². The molecule has 4 aromatic rings. The van der Waals surface area contributed by atoms with Crippen molar-refractivity contribution in [3.05, 3.63) is 105 Å². The Hall–Kier alpha value is -4.08. The van der Waals surface area contributed by atoms with Crippen LogP contribution in [0.5, 0.6) is 11.5 Å². The molecule has 0 saturated carbocycles. The predicted octanol–water partition coefficient (Wildman–Crippen LogP) is 7.74. The number of amides is 1. The Labute approximate surface area is 225 Å². The molecule has 0 atom stereocenters. The maximum atomic E-state index is 12.8. The van der Waals surface area contributed by atoms with Gasteiger partial charge in [0.2, 0.25) is 0 Å². The Kier molecular flexibility index (Phi) is 8.27. The van der Waals surface area contributed by atoms with Gasteiger partial charge in [0.05, 0.1) is 6.61 Å². The van der Waals surface area contributed by atoms with Crippen LogP contribution in [0.4, 0.5) is 5.69 Å². The molecular weight excluding hydrogens is 528 g/mol. The number of anilines is 1. The average Bonchev–Trinajstić information content (AvgIpc) is 2.90. The van der Waals surface area contributed by atoms with Crippen molar-refractivity contribution in [3.63, 3.8) is 0 Å². The first kappa shape index (κ1) is 26.0. The number of benzene rings is 4. The molecule has 4 aromatic carbocycles.